The molecule has 58 valence electrons. The second-order valence-corrected chi connectivity index (χ2v) is 3.81. The van der Waals surface area contributed by atoms with Crippen molar-refractivity contribution in [3.63, 3.8) is 0 Å². The summed E-state index contributed by atoms with van der Waals surface area (Å²) in [5, 5.41) is 0. The van der Waals surface area contributed by atoms with Crippen molar-refractivity contribution in [3.05, 3.63) is 0 Å². The summed E-state index contributed by atoms with van der Waals surface area (Å²) in [7, 11) is 0. The van der Waals surface area contributed by atoms with E-state index in [9.17, 15) is 8.78 Å². The average molecular weight is 146 g/mol. The molecule has 2 bridgehead atoms. The van der Waals surface area contributed by atoms with E-state index in [4.69, 9.17) is 0 Å². The Balaban J connectivity index is 2.15. The van der Waals surface area contributed by atoms with Gasteiger partial charge in [0.15, 0.2) is 0 Å². The van der Waals surface area contributed by atoms with Crippen LogP contribution in [-0.4, -0.2) is 6.43 Å². The minimum absolute atomic E-state index is 0.523. The SMILES string of the molecule is FC(F)C12CCC(CC1)C2. The van der Waals surface area contributed by atoms with E-state index < -0.39 is 11.8 Å². The number of alkyl halides is 2. The van der Waals surface area contributed by atoms with Crippen LogP contribution < -0.4 is 0 Å². The molecule has 0 heterocycles. The molecule has 0 saturated heterocycles. The molecule has 0 spiro atoms. The molecule has 0 nitrogen and oxygen atoms in total. The van der Waals surface area contributed by atoms with E-state index in [1.807, 2.05) is 0 Å². The van der Waals surface area contributed by atoms with Gasteiger partial charge in [0.2, 0.25) is 6.43 Å². The van der Waals surface area contributed by atoms with E-state index in [1.54, 1.807) is 0 Å². The Hall–Kier alpha value is -0.140. The maximum atomic E-state index is 12.4. The Labute approximate surface area is 59.6 Å². The molecule has 2 heteroatoms. The predicted octanol–water partition coefficient (Wildman–Crippen LogP) is 2.83. The van der Waals surface area contributed by atoms with Crippen LogP contribution >= 0.6 is 0 Å². The van der Waals surface area contributed by atoms with Crippen LogP contribution in [0, 0.1) is 11.3 Å². The zero-order valence-corrected chi connectivity index (χ0v) is 5.95. The number of halogens is 2. The van der Waals surface area contributed by atoms with Gasteiger partial charge >= 0.3 is 0 Å². The molecule has 0 radical (unpaired) electrons. The van der Waals surface area contributed by atoms with E-state index in [-0.39, 0.29) is 0 Å². The minimum Gasteiger partial charge on any atom is -0.210 e. The highest BCUT2D eigenvalue weighted by Gasteiger charge is 2.50. The smallest absolute Gasteiger partial charge is 0.210 e. The van der Waals surface area contributed by atoms with E-state index >= 15 is 0 Å². The molecule has 2 fully saturated rings. The molecule has 0 amide bonds. The van der Waals surface area contributed by atoms with Gasteiger partial charge in [-0.2, -0.15) is 0 Å². The lowest BCUT2D eigenvalue weighted by molar-refractivity contribution is 0.00165. The van der Waals surface area contributed by atoms with Crippen molar-refractivity contribution in [1.82, 2.24) is 0 Å². The maximum Gasteiger partial charge on any atom is 0.244 e. The van der Waals surface area contributed by atoms with Crippen molar-refractivity contribution in [2.24, 2.45) is 11.3 Å². The van der Waals surface area contributed by atoms with Crippen LogP contribution in [0.25, 0.3) is 0 Å². The van der Waals surface area contributed by atoms with Crippen molar-refractivity contribution < 1.29 is 8.78 Å². The average Bonchev–Trinajstić information content (AvgIpc) is 2.45. The molecular formula is C8H12F2. The highest BCUT2D eigenvalue weighted by Crippen LogP contribution is 2.56. The molecule has 2 saturated carbocycles. The summed E-state index contributed by atoms with van der Waals surface area (Å²) in [5.74, 6) is 0.647. The fourth-order valence-electron chi connectivity index (χ4n) is 2.54. The van der Waals surface area contributed by atoms with Crippen LogP contribution in [0.1, 0.15) is 32.1 Å². The van der Waals surface area contributed by atoms with Crippen molar-refractivity contribution in [2.45, 2.75) is 38.5 Å². The van der Waals surface area contributed by atoms with E-state index in [0.29, 0.717) is 5.92 Å². The summed E-state index contributed by atoms with van der Waals surface area (Å²) in [4.78, 5) is 0. The lowest BCUT2D eigenvalue weighted by Crippen LogP contribution is -2.23. The molecule has 0 atom stereocenters. The first-order valence-electron chi connectivity index (χ1n) is 4.01. The number of rotatable bonds is 1. The quantitative estimate of drug-likeness (QED) is 0.533. The molecular weight excluding hydrogens is 134 g/mol. The van der Waals surface area contributed by atoms with Crippen molar-refractivity contribution in [3.8, 4) is 0 Å². The van der Waals surface area contributed by atoms with Gasteiger partial charge in [0, 0.05) is 5.41 Å². The van der Waals surface area contributed by atoms with Crippen LogP contribution in [0.15, 0.2) is 0 Å². The van der Waals surface area contributed by atoms with Crippen molar-refractivity contribution >= 4 is 0 Å². The molecule has 10 heavy (non-hydrogen) atoms. The minimum atomic E-state index is -2.06. The van der Waals surface area contributed by atoms with Gasteiger partial charge in [0.25, 0.3) is 0 Å². The van der Waals surface area contributed by atoms with Crippen LogP contribution in [0.2, 0.25) is 0 Å². The lowest BCUT2D eigenvalue weighted by atomic mass is 9.85. The van der Waals surface area contributed by atoms with Crippen LogP contribution in [0.3, 0.4) is 0 Å². The molecule has 2 aliphatic rings. The first kappa shape index (κ1) is 6.56. The summed E-state index contributed by atoms with van der Waals surface area (Å²) < 4.78 is 24.8. The first-order valence-corrected chi connectivity index (χ1v) is 4.01. The zero-order chi connectivity index (χ0) is 7.19. The third kappa shape index (κ3) is 0.708. The van der Waals surface area contributed by atoms with Crippen LogP contribution in [0.4, 0.5) is 8.78 Å². The summed E-state index contributed by atoms with van der Waals surface area (Å²) in [6.07, 6.45) is 2.45. The van der Waals surface area contributed by atoms with Gasteiger partial charge < -0.3 is 0 Å². The molecule has 0 aromatic carbocycles. The summed E-state index contributed by atoms with van der Waals surface area (Å²) in [6, 6.07) is 0. The van der Waals surface area contributed by atoms with E-state index in [0.717, 1.165) is 32.1 Å². The highest BCUT2D eigenvalue weighted by molar-refractivity contribution is 4.97. The lowest BCUT2D eigenvalue weighted by Gasteiger charge is -2.24. The maximum absolute atomic E-state index is 12.4. The van der Waals surface area contributed by atoms with E-state index in [1.165, 1.54) is 0 Å². The Kier molecular flexibility index (Phi) is 1.26. The summed E-state index contributed by atoms with van der Waals surface area (Å²) in [5.41, 5.74) is -0.523. The number of hydrogen-bond acceptors (Lipinski definition) is 0. The predicted molar refractivity (Wildman–Crippen MR) is 35.0 cm³/mol. The van der Waals surface area contributed by atoms with Crippen LogP contribution in [0.5, 0.6) is 0 Å². The fourth-order valence-corrected chi connectivity index (χ4v) is 2.54. The Morgan fingerprint density at radius 3 is 2.00 bits per heavy atom. The summed E-state index contributed by atoms with van der Waals surface area (Å²) in [6.45, 7) is 0. The van der Waals surface area contributed by atoms with Gasteiger partial charge in [-0.1, -0.05) is 0 Å². The Bertz CT molecular complexity index is 134. The third-order valence-corrected chi connectivity index (χ3v) is 3.26. The molecule has 2 rings (SSSR count). The van der Waals surface area contributed by atoms with Crippen molar-refractivity contribution in [1.29, 1.82) is 0 Å². The van der Waals surface area contributed by atoms with Gasteiger partial charge in [-0.05, 0) is 38.0 Å². The highest BCUT2D eigenvalue weighted by atomic mass is 19.3. The second kappa shape index (κ2) is 1.93. The Morgan fingerprint density at radius 2 is 1.80 bits per heavy atom. The second-order valence-electron chi connectivity index (χ2n) is 3.81. The fraction of sp³-hybridized carbons (Fsp3) is 1.00. The van der Waals surface area contributed by atoms with E-state index in [2.05, 4.69) is 0 Å². The topological polar surface area (TPSA) is 0 Å². The molecule has 2 aliphatic carbocycles. The molecule has 0 N–H and O–H groups in total. The van der Waals surface area contributed by atoms with Gasteiger partial charge in [-0.25, -0.2) is 8.78 Å². The molecule has 0 aromatic heterocycles. The normalized spacial score (nSPS) is 45.3. The standard InChI is InChI=1S/C8H12F2/c9-7(10)8-3-1-6(5-8)2-4-8/h6-7H,1-5H2. The third-order valence-electron chi connectivity index (χ3n) is 3.26. The van der Waals surface area contributed by atoms with Gasteiger partial charge in [-0.3, -0.25) is 0 Å². The van der Waals surface area contributed by atoms with Crippen molar-refractivity contribution in [2.75, 3.05) is 0 Å². The summed E-state index contributed by atoms with van der Waals surface area (Å²) >= 11 is 0. The first-order chi connectivity index (χ1) is 4.73. The largest absolute Gasteiger partial charge is 0.244 e. The number of fused-ring (bicyclic) bond motifs is 2. The van der Waals surface area contributed by atoms with Gasteiger partial charge in [0.05, 0.1) is 0 Å². The zero-order valence-electron chi connectivity index (χ0n) is 5.95. The monoisotopic (exact) mass is 146 g/mol. The number of hydrogen-bond donors (Lipinski definition) is 0. The molecule has 0 aliphatic heterocycles. The molecule has 0 unspecified atom stereocenters. The molecule has 0 aromatic rings. The Morgan fingerprint density at radius 1 is 1.20 bits per heavy atom. The van der Waals surface area contributed by atoms with Gasteiger partial charge in [-0.15, -0.1) is 0 Å². The van der Waals surface area contributed by atoms with Crippen LogP contribution in [-0.2, 0) is 0 Å². The van der Waals surface area contributed by atoms with Gasteiger partial charge in [0.1, 0.15) is 0 Å².